The van der Waals surface area contributed by atoms with Gasteiger partial charge in [0.05, 0.1) is 28.4 Å². The number of aryl methyl sites for hydroxylation is 1. The molecule has 0 aliphatic heterocycles. The Balaban J connectivity index is 2.48. The predicted octanol–water partition coefficient (Wildman–Crippen LogP) is 4.21. The van der Waals surface area contributed by atoms with Crippen LogP contribution in [0.4, 0.5) is 5.82 Å². The predicted molar refractivity (Wildman–Crippen MR) is 115 cm³/mol. The molecule has 0 aliphatic rings. The van der Waals surface area contributed by atoms with Crippen molar-refractivity contribution in [1.29, 1.82) is 5.26 Å². The van der Waals surface area contributed by atoms with Crippen molar-refractivity contribution in [3.05, 3.63) is 47.7 Å². The van der Waals surface area contributed by atoms with Crippen LogP contribution >= 0.6 is 0 Å². The second-order valence-electron chi connectivity index (χ2n) is 6.43. The zero-order valence-electron chi connectivity index (χ0n) is 17.6. The van der Waals surface area contributed by atoms with Crippen LogP contribution in [-0.2, 0) is 0 Å². The molecular formula is C23H23N3O4. The highest BCUT2D eigenvalue weighted by atomic mass is 16.5. The van der Waals surface area contributed by atoms with E-state index in [1.807, 2.05) is 31.2 Å². The van der Waals surface area contributed by atoms with Gasteiger partial charge in [-0.25, -0.2) is 4.98 Å². The van der Waals surface area contributed by atoms with Crippen LogP contribution in [0, 0.1) is 18.3 Å². The Kier molecular flexibility index (Phi) is 5.98. The van der Waals surface area contributed by atoms with Gasteiger partial charge in [-0.1, -0.05) is 18.2 Å². The summed E-state index contributed by atoms with van der Waals surface area (Å²) in [6.45, 7) is 1.85. The SMILES string of the molecule is COc1ccccc1-c1c(C)nc(N)c(C#N)c1-c1cc(OC)c(OC)c(OC)c1. The van der Waals surface area contributed by atoms with E-state index in [0.29, 0.717) is 39.8 Å². The summed E-state index contributed by atoms with van der Waals surface area (Å²) in [5.74, 6) is 2.20. The molecule has 0 saturated heterocycles. The maximum absolute atomic E-state index is 9.91. The number of nitriles is 1. The summed E-state index contributed by atoms with van der Waals surface area (Å²) in [4.78, 5) is 4.41. The Hall–Kier alpha value is -3.92. The number of hydrogen-bond acceptors (Lipinski definition) is 7. The van der Waals surface area contributed by atoms with Crippen molar-refractivity contribution in [2.45, 2.75) is 6.92 Å². The fraction of sp³-hybridized carbons (Fsp3) is 0.217. The number of nitrogen functional groups attached to an aromatic ring is 1. The molecule has 154 valence electrons. The molecule has 7 nitrogen and oxygen atoms in total. The maximum Gasteiger partial charge on any atom is 0.203 e. The molecule has 0 aliphatic carbocycles. The topological polar surface area (TPSA) is 99.6 Å². The highest BCUT2D eigenvalue weighted by Gasteiger charge is 2.24. The van der Waals surface area contributed by atoms with Gasteiger partial charge >= 0.3 is 0 Å². The van der Waals surface area contributed by atoms with Crippen molar-refractivity contribution in [2.75, 3.05) is 34.2 Å². The summed E-state index contributed by atoms with van der Waals surface area (Å²) < 4.78 is 22.0. The van der Waals surface area contributed by atoms with E-state index in [1.165, 1.54) is 7.11 Å². The van der Waals surface area contributed by atoms with Crippen molar-refractivity contribution in [2.24, 2.45) is 0 Å². The molecule has 0 saturated carbocycles. The Labute approximate surface area is 175 Å². The van der Waals surface area contributed by atoms with E-state index in [4.69, 9.17) is 24.7 Å². The normalized spacial score (nSPS) is 10.3. The molecule has 0 bridgehead atoms. The van der Waals surface area contributed by atoms with Gasteiger partial charge in [0, 0.05) is 22.4 Å². The van der Waals surface area contributed by atoms with E-state index in [-0.39, 0.29) is 11.4 Å². The van der Waals surface area contributed by atoms with Gasteiger partial charge in [0.15, 0.2) is 11.5 Å². The number of nitrogens with two attached hydrogens (primary N) is 1. The van der Waals surface area contributed by atoms with Crippen molar-refractivity contribution in [3.8, 4) is 51.3 Å². The van der Waals surface area contributed by atoms with Crippen molar-refractivity contribution in [1.82, 2.24) is 4.98 Å². The second-order valence-corrected chi connectivity index (χ2v) is 6.43. The second kappa shape index (κ2) is 8.62. The van der Waals surface area contributed by atoms with Gasteiger partial charge in [-0.15, -0.1) is 0 Å². The molecule has 0 spiro atoms. The van der Waals surface area contributed by atoms with Crippen LogP contribution in [0.1, 0.15) is 11.3 Å². The molecule has 2 N–H and O–H groups in total. The van der Waals surface area contributed by atoms with Gasteiger partial charge in [-0.3, -0.25) is 0 Å². The summed E-state index contributed by atoms with van der Waals surface area (Å²) in [6.07, 6.45) is 0. The average molecular weight is 405 g/mol. The monoisotopic (exact) mass is 405 g/mol. The third-order valence-electron chi connectivity index (χ3n) is 4.85. The highest BCUT2D eigenvalue weighted by Crippen LogP contribution is 2.47. The maximum atomic E-state index is 9.91. The minimum absolute atomic E-state index is 0.150. The van der Waals surface area contributed by atoms with Crippen LogP contribution in [0.15, 0.2) is 36.4 Å². The van der Waals surface area contributed by atoms with E-state index in [1.54, 1.807) is 33.5 Å². The van der Waals surface area contributed by atoms with Crippen LogP contribution in [0.25, 0.3) is 22.3 Å². The first-order valence-electron chi connectivity index (χ1n) is 9.14. The van der Waals surface area contributed by atoms with E-state index in [2.05, 4.69) is 11.1 Å². The Morgan fingerprint density at radius 1 is 0.867 bits per heavy atom. The Morgan fingerprint density at radius 2 is 1.47 bits per heavy atom. The summed E-state index contributed by atoms with van der Waals surface area (Å²) in [7, 11) is 6.22. The molecule has 0 amide bonds. The molecule has 0 unspecified atom stereocenters. The van der Waals surface area contributed by atoms with Gasteiger partial charge in [-0.05, 0) is 30.7 Å². The first-order chi connectivity index (χ1) is 14.5. The highest BCUT2D eigenvalue weighted by molar-refractivity contribution is 5.93. The number of nitrogens with zero attached hydrogens (tertiary/aromatic N) is 2. The van der Waals surface area contributed by atoms with Crippen LogP contribution in [0.2, 0.25) is 0 Å². The molecule has 1 aromatic heterocycles. The van der Waals surface area contributed by atoms with Crippen molar-refractivity contribution >= 4 is 5.82 Å². The number of methoxy groups -OCH3 is 4. The molecular weight excluding hydrogens is 382 g/mol. The Morgan fingerprint density at radius 3 is 2.00 bits per heavy atom. The zero-order valence-corrected chi connectivity index (χ0v) is 17.6. The first kappa shape index (κ1) is 20.8. The molecule has 0 fully saturated rings. The third kappa shape index (κ3) is 3.44. The van der Waals surface area contributed by atoms with Gasteiger partial charge in [-0.2, -0.15) is 5.26 Å². The van der Waals surface area contributed by atoms with E-state index in [0.717, 1.165) is 11.1 Å². The lowest BCUT2D eigenvalue weighted by Crippen LogP contribution is -2.04. The van der Waals surface area contributed by atoms with Gasteiger partial charge in [0.25, 0.3) is 0 Å². The number of anilines is 1. The molecule has 3 rings (SSSR count). The van der Waals surface area contributed by atoms with Crippen LogP contribution in [0.3, 0.4) is 0 Å². The van der Waals surface area contributed by atoms with Gasteiger partial charge in [0.2, 0.25) is 5.75 Å². The lowest BCUT2D eigenvalue weighted by Gasteiger charge is -2.20. The molecule has 30 heavy (non-hydrogen) atoms. The van der Waals surface area contributed by atoms with Crippen LogP contribution < -0.4 is 24.7 Å². The minimum atomic E-state index is 0.150. The smallest absolute Gasteiger partial charge is 0.203 e. The number of rotatable bonds is 6. The summed E-state index contributed by atoms with van der Waals surface area (Å²) in [5.41, 5.74) is 9.90. The largest absolute Gasteiger partial charge is 0.496 e. The molecule has 2 aromatic carbocycles. The molecule has 3 aromatic rings. The first-order valence-corrected chi connectivity index (χ1v) is 9.14. The third-order valence-corrected chi connectivity index (χ3v) is 4.85. The van der Waals surface area contributed by atoms with Crippen LogP contribution in [-0.4, -0.2) is 33.4 Å². The standard InChI is InChI=1S/C23H23N3O4/c1-13-20(15-8-6-7-9-17(15)27-2)21(16(12-24)23(25)26-13)14-10-18(28-3)22(30-5)19(11-14)29-4/h6-11H,1-5H3,(H2,25,26). The van der Waals surface area contributed by atoms with Gasteiger partial charge < -0.3 is 24.7 Å². The Bertz CT molecular complexity index is 1110. The minimum Gasteiger partial charge on any atom is -0.496 e. The number of para-hydroxylation sites is 1. The lowest BCUT2D eigenvalue weighted by atomic mass is 9.89. The quantitative estimate of drug-likeness (QED) is 0.655. The van der Waals surface area contributed by atoms with Crippen LogP contribution in [0.5, 0.6) is 23.0 Å². The lowest BCUT2D eigenvalue weighted by molar-refractivity contribution is 0.324. The van der Waals surface area contributed by atoms with E-state index >= 15 is 0 Å². The van der Waals surface area contributed by atoms with Gasteiger partial charge in [0.1, 0.15) is 23.2 Å². The number of ether oxygens (including phenoxy) is 4. The number of hydrogen-bond donors (Lipinski definition) is 1. The number of pyridine rings is 1. The average Bonchev–Trinajstić information content (AvgIpc) is 2.77. The fourth-order valence-corrected chi connectivity index (χ4v) is 3.53. The molecule has 0 radical (unpaired) electrons. The molecule has 1 heterocycles. The summed E-state index contributed by atoms with van der Waals surface area (Å²) in [6, 6.07) is 13.3. The fourth-order valence-electron chi connectivity index (χ4n) is 3.53. The number of aromatic nitrogens is 1. The van der Waals surface area contributed by atoms with E-state index < -0.39 is 0 Å². The molecule has 0 atom stereocenters. The zero-order chi connectivity index (χ0) is 21.8. The summed E-state index contributed by atoms with van der Waals surface area (Å²) >= 11 is 0. The van der Waals surface area contributed by atoms with Crippen molar-refractivity contribution < 1.29 is 18.9 Å². The molecule has 7 heteroatoms. The van der Waals surface area contributed by atoms with Crippen molar-refractivity contribution in [3.63, 3.8) is 0 Å². The number of benzene rings is 2. The summed E-state index contributed by atoms with van der Waals surface area (Å²) in [5, 5.41) is 9.91. The van der Waals surface area contributed by atoms with E-state index in [9.17, 15) is 5.26 Å².